The molecule has 0 aliphatic rings. The van der Waals surface area contributed by atoms with Gasteiger partial charge in [-0.25, -0.2) is 9.37 Å². The van der Waals surface area contributed by atoms with E-state index in [9.17, 15) is 9.18 Å². The summed E-state index contributed by atoms with van der Waals surface area (Å²) in [6.45, 7) is 0.273. The number of fused-ring (bicyclic) bond motifs is 1. The molecule has 2 heterocycles. The molecule has 1 amide bonds. The summed E-state index contributed by atoms with van der Waals surface area (Å²) in [6.07, 6.45) is 8.08. The van der Waals surface area contributed by atoms with Gasteiger partial charge in [-0.15, -0.1) is 0 Å². The summed E-state index contributed by atoms with van der Waals surface area (Å²) in [5.74, 6) is -0.967. The summed E-state index contributed by atoms with van der Waals surface area (Å²) in [5.41, 5.74) is 1.78. The van der Waals surface area contributed by atoms with Crippen molar-refractivity contribution in [2.45, 2.75) is 6.04 Å². The molecule has 0 spiro atoms. The molecule has 0 bridgehead atoms. The first-order valence-corrected chi connectivity index (χ1v) is 8.91. The average molecular weight is 396 g/mol. The maximum absolute atomic E-state index is 13.9. The van der Waals surface area contributed by atoms with E-state index in [2.05, 4.69) is 20.3 Å². The van der Waals surface area contributed by atoms with E-state index in [4.69, 9.17) is 11.6 Å². The third-order valence-electron chi connectivity index (χ3n) is 4.38. The molecular formula is C20H15ClFN5O. The summed E-state index contributed by atoms with van der Waals surface area (Å²) in [4.78, 5) is 25.1. The Kier molecular flexibility index (Phi) is 4.99. The first-order chi connectivity index (χ1) is 13.6. The number of nitrogens with zero attached hydrogens (tertiary/aromatic N) is 4. The van der Waals surface area contributed by atoms with Gasteiger partial charge in [0.2, 0.25) is 0 Å². The number of benzene rings is 2. The molecule has 0 radical (unpaired) electrons. The third kappa shape index (κ3) is 3.70. The number of aromatic nitrogens is 4. The Morgan fingerprint density at radius 2 is 1.93 bits per heavy atom. The largest absolute Gasteiger partial charge is 0.350 e. The van der Waals surface area contributed by atoms with Crippen LogP contribution in [-0.2, 0) is 0 Å². The van der Waals surface area contributed by atoms with E-state index >= 15 is 0 Å². The molecule has 4 rings (SSSR count). The molecule has 0 aliphatic heterocycles. The Morgan fingerprint density at radius 3 is 2.68 bits per heavy atom. The Morgan fingerprint density at radius 1 is 1.14 bits per heavy atom. The van der Waals surface area contributed by atoms with Crippen LogP contribution in [0.5, 0.6) is 0 Å². The summed E-state index contributed by atoms with van der Waals surface area (Å²) in [7, 11) is 0. The fourth-order valence-corrected chi connectivity index (χ4v) is 3.16. The van der Waals surface area contributed by atoms with Gasteiger partial charge in [0.05, 0.1) is 23.4 Å². The molecule has 1 N–H and O–H groups in total. The minimum Gasteiger partial charge on any atom is -0.350 e. The Balaban J connectivity index is 1.61. The number of halogens is 2. The van der Waals surface area contributed by atoms with Crippen molar-refractivity contribution in [3.63, 3.8) is 0 Å². The highest BCUT2D eigenvalue weighted by Gasteiger charge is 2.18. The van der Waals surface area contributed by atoms with Crippen molar-refractivity contribution in [1.82, 2.24) is 24.8 Å². The van der Waals surface area contributed by atoms with Crippen molar-refractivity contribution in [2.24, 2.45) is 0 Å². The first-order valence-electron chi connectivity index (χ1n) is 8.53. The molecule has 140 valence electrons. The molecule has 4 aromatic rings. The van der Waals surface area contributed by atoms with Crippen LogP contribution in [0.2, 0.25) is 5.02 Å². The van der Waals surface area contributed by atoms with Gasteiger partial charge in [0.25, 0.3) is 5.91 Å². The maximum Gasteiger partial charge on any atom is 0.253 e. The minimum absolute atomic E-state index is 0.142. The maximum atomic E-state index is 13.9. The van der Waals surface area contributed by atoms with E-state index in [-0.39, 0.29) is 18.2 Å². The molecule has 0 aliphatic carbocycles. The van der Waals surface area contributed by atoms with Crippen LogP contribution in [0.15, 0.2) is 67.5 Å². The minimum atomic E-state index is -0.540. The second-order valence-corrected chi connectivity index (χ2v) is 6.60. The van der Waals surface area contributed by atoms with Crippen molar-refractivity contribution in [2.75, 3.05) is 6.54 Å². The van der Waals surface area contributed by atoms with Crippen LogP contribution in [0, 0.1) is 5.82 Å². The normalized spacial score (nSPS) is 12.1. The number of imidazole rings is 1. The van der Waals surface area contributed by atoms with E-state index in [1.807, 2.05) is 22.9 Å². The van der Waals surface area contributed by atoms with Gasteiger partial charge in [-0.2, -0.15) is 0 Å². The molecule has 1 unspecified atom stereocenters. The van der Waals surface area contributed by atoms with E-state index in [1.54, 1.807) is 24.7 Å². The molecule has 2 aromatic heterocycles. The van der Waals surface area contributed by atoms with Crippen LogP contribution in [-0.4, -0.2) is 32.0 Å². The van der Waals surface area contributed by atoms with Gasteiger partial charge in [-0.05, 0) is 23.8 Å². The number of nitrogens with one attached hydrogen (secondary N) is 1. The van der Waals surface area contributed by atoms with Crippen molar-refractivity contribution in [3.8, 4) is 0 Å². The van der Waals surface area contributed by atoms with Gasteiger partial charge < -0.3 is 9.88 Å². The van der Waals surface area contributed by atoms with Crippen molar-refractivity contribution >= 4 is 28.5 Å². The molecule has 8 heteroatoms. The van der Waals surface area contributed by atoms with Gasteiger partial charge in [0, 0.05) is 42.4 Å². The van der Waals surface area contributed by atoms with E-state index < -0.39 is 11.7 Å². The number of hydrogen-bond acceptors (Lipinski definition) is 4. The number of carbonyl (C=O) groups is 1. The van der Waals surface area contributed by atoms with E-state index in [0.29, 0.717) is 16.1 Å². The first kappa shape index (κ1) is 18.1. The second-order valence-electron chi connectivity index (χ2n) is 6.16. The molecule has 2 aromatic carbocycles. The summed E-state index contributed by atoms with van der Waals surface area (Å²) >= 11 is 5.98. The lowest BCUT2D eigenvalue weighted by Crippen LogP contribution is -2.31. The fraction of sp³-hybridized carbons (Fsp3) is 0.100. The Labute approximate surface area is 165 Å². The third-order valence-corrected chi connectivity index (χ3v) is 4.63. The Hall–Kier alpha value is -3.32. The molecular weight excluding hydrogens is 381 g/mol. The topological polar surface area (TPSA) is 72.7 Å². The van der Waals surface area contributed by atoms with Crippen LogP contribution >= 0.6 is 11.6 Å². The lowest BCUT2D eigenvalue weighted by atomic mass is 10.1. The zero-order valence-electron chi connectivity index (χ0n) is 14.6. The summed E-state index contributed by atoms with van der Waals surface area (Å²) in [5, 5.41) is 3.49. The predicted octanol–water partition coefficient (Wildman–Crippen LogP) is 3.64. The van der Waals surface area contributed by atoms with Crippen LogP contribution in [0.3, 0.4) is 0 Å². The molecule has 6 nitrogen and oxygen atoms in total. The lowest BCUT2D eigenvalue weighted by Gasteiger charge is -2.20. The van der Waals surface area contributed by atoms with Crippen LogP contribution < -0.4 is 5.32 Å². The molecule has 1 atom stereocenters. The van der Waals surface area contributed by atoms with Gasteiger partial charge in [0.1, 0.15) is 11.3 Å². The number of carbonyl (C=O) groups excluding carboxylic acids is 1. The Bertz CT molecular complexity index is 1120. The predicted molar refractivity (Wildman–Crippen MR) is 104 cm³/mol. The quantitative estimate of drug-likeness (QED) is 0.560. The zero-order chi connectivity index (χ0) is 19.5. The summed E-state index contributed by atoms with van der Waals surface area (Å²) in [6, 6.07) is 9.58. The van der Waals surface area contributed by atoms with E-state index in [0.717, 1.165) is 5.56 Å². The van der Waals surface area contributed by atoms with Crippen molar-refractivity contribution in [1.29, 1.82) is 0 Å². The second kappa shape index (κ2) is 7.74. The number of amides is 1. The van der Waals surface area contributed by atoms with Crippen molar-refractivity contribution < 1.29 is 9.18 Å². The standard InChI is InChI=1S/C20H15ClFN5O/c21-14-3-1-13(2-4-14)18(27-8-7-23-12-27)11-26-20(28)16-9-15(22)10-17-19(16)25-6-5-24-17/h1-10,12,18H,11H2,(H,26,28). The van der Waals surface area contributed by atoms with E-state index in [1.165, 1.54) is 24.5 Å². The molecule has 0 fully saturated rings. The number of hydrogen-bond donors (Lipinski definition) is 1. The van der Waals surface area contributed by atoms with Crippen molar-refractivity contribution in [3.05, 3.63) is 89.5 Å². The van der Waals surface area contributed by atoms with Crippen LogP contribution in [0.1, 0.15) is 22.0 Å². The van der Waals surface area contributed by atoms with Gasteiger partial charge in [0.15, 0.2) is 0 Å². The van der Waals surface area contributed by atoms with Gasteiger partial charge in [-0.1, -0.05) is 23.7 Å². The van der Waals surface area contributed by atoms with Crippen LogP contribution in [0.25, 0.3) is 11.0 Å². The molecule has 0 saturated heterocycles. The molecule has 28 heavy (non-hydrogen) atoms. The lowest BCUT2D eigenvalue weighted by molar-refractivity contribution is 0.0951. The highest BCUT2D eigenvalue weighted by atomic mass is 35.5. The molecule has 0 saturated carbocycles. The SMILES string of the molecule is O=C(NCC(c1ccc(Cl)cc1)n1ccnc1)c1cc(F)cc2nccnc12. The van der Waals surface area contributed by atoms with Gasteiger partial charge >= 0.3 is 0 Å². The highest BCUT2D eigenvalue weighted by molar-refractivity contribution is 6.30. The highest BCUT2D eigenvalue weighted by Crippen LogP contribution is 2.21. The smallest absolute Gasteiger partial charge is 0.253 e. The summed E-state index contributed by atoms with van der Waals surface area (Å²) < 4.78 is 15.8. The zero-order valence-corrected chi connectivity index (χ0v) is 15.3. The van der Waals surface area contributed by atoms with Crippen LogP contribution in [0.4, 0.5) is 4.39 Å². The van der Waals surface area contributed by atoms with Gasteiger partial charge in [-0.3, -0.25) is 14.8 Å². The monoisotopic (exact) mass is 395 g/mol. The number of rotatable bonds is 5. The fourth-order valence-electron chi connectivity index (χ4n) is 3.03. The average Bonchev–Trinajstić information content (AvgIpc) is 3.23.